The number of methoxy groups -OCH3 is 2. The summed E-state index contributed by atoms with van der Waals surface area (Å²) in [5.41, 5.74) is 2.54. The van der Waals surface area contributed by atoms with E-state index in [1.807, 2.05) is 56.2 Å². The van der Waals surface area contributed by atoms with E-state index in [9.17, 15) is 9.59 Å². The number of nitrogens with one attached hydrogen (secondary N) is 1. The van der Waals surface area contributed by atoms with Crippen LogP contribution in [0.15, 0.2) is 72.8 Å². The number of nitrogens with zero attached hydrogens (tertiary/aromatic N) is 3. The van der Waals surface area contributed by atoms with E-state index in [1.54, 1.807) is 68.8 Å². The molecule has 0 aliphatic heterocycles. The van der Waals surface area contributed by atoms with Gasteiger partial charge in [-0.05, 0) is 82.8 Å². The number of anilines is 1. The van der Waals surface area contributed by atoms with Crippen LogP contribution in [0.4, 0.5) is 5.69 Å². The Hall–Kier alpha value is -5.31. The van der Waals surface area contributed by atoms with Crippen molar-refractivity contribution in [1.82, 2.24) is 9.80 Å². The highest BCUT2D eigenvalue weighted by atomic mass is 16.5. The van der Waals surface area contributed by atoms with Gasteiger partial charge in [0.15, 0.2) is 0 Å². The number of hydrogen-bond donors (Lipinski definition) is 2. The Morgan fingerprint density at radius 3 is 1.78 bits per heavy atom. The number of carbonyl (C=O) groups is 2. The van der Waals surface area contributed by atoms with E-state index in [0.29, 0.717) is 53.0 Å². The summed E-state index contributed by atoms with van der Waals surface area (Å²) in [5.74, 6) is 1.33. The third kappa shape index (κ3) is 14.0. The Balaban J connectivity index is 0.000000341. The van der Waals surface area contributed by atoms with E-state index < -0.39 is 5.97 Å². The molecule has 0 aliphatic rings. The number of carbonyl (C=O) groups excluding carboxylic acids is 1. The molecule has 0 aliphatic carbocycles. The Bertz CT molecular complexity index is 1530. The molecule has 3 aromatic carbocycles. The van der Waals surface area contributed by atoms with Crippen LogP contribution in [0, 0.1) is 11.3 Å². The average molecular weight is 631 g/mol. The molecule has 3 aromatic rings. The van der Waals surface area contributed by atoms with Crippen LogP contribution in [0.25, 0.3) is 12.2 Å². The first-order chi connectivity index (χ1) is 22.0. The fraction of sp³-hybridized carbons (Fsp3) is 0.286. The molecule has 0 radical (unpaired) electrons. The summed E-state index contributed by atoms with van der Waals surface area (Å²) in [6.45, 7) is 2.59. The minimum atomic E-state index is -0.991. The van der Waals surface area contributed by atoms with Gasteiger partial charge in [-0.15, -0.1) is 0 Å². The van der Waals surface area contributed by atoms with Crippen LogP contribution in [-0.2, 0) is 9.59 Å². The van der Waals surface area contributed by atoms with Gasteiger partial charge >= 0.3 is 5.97 Å². The highest BCUT2D eigenvalue weighted by Gasteiger charge is 2.07. The summed E-state index contributed by atoms with van der Waals surface area (Å²) in [6.07, 6.45) is 5.71. The minimum absolute atomic E-state index is 0.292. The van der Waals surface area contributed by atoms with Crippen LogP contribution < -0.4 is 24.3 Å². The van der Waals surface area contributed by atoms with Gasteiger partial charge in [0, 0.05) is 54.2 Å². The molecule has 11 heteroatoms. The van der Waals surface area contributed by atoms with Crippen molar-refractivity contribution < 1.29 is 33.6 Å². The van der Waals surface area contributed by atoms with Crippen molar-refractivity contribution in [2.75, 3.05) is 74.0 Å². The van der Waals surface area contributed by atoms with E-state index in [4.69, 9.17) is 29.3 Å². The number of aliphatic carboxylic acids is 1. The standard InChI is InChI=1S/C21H23N3O3.C14H19NO4/c1-24(2)11-12-27-20-14-19(26-3)9-7-17(20)8-10-21(25)23-18-6-4-5-16(13-18)15-22;1-15(2)8-9-19-13-10-12(18-3)6-4-11(13)5-7-14(16)17/h4-10,13-14H,11-12H2,1-3H3,(H,23,25);4-7,10H,8-9H2,1-3H3,(H,16,17)/b10-8+;7-5+. The van der Waals surface area contributed by atoms with Gasteiger partial charge in [0.05, 0.1) is 25.9 Å². The number of rotatable bonds is 15. The molecule has 0 fully saturated rings. The zero-order chi connectivity index (χ0) is 33.9. The van der Waals surface area contributed by atoms with E-state index >= 15 is 0 Å². The SMILES string of the molecule is COc1ccc(/C=C/C(=O)Nc2cccc(C#N)c2)c(OCCN(C)C)c1.COc1ccc(/C=C/C(=O)O)c(OCCN(C)C)c1. The van der Waals surface area contributed by atoms with E-state index in [0.717, 1.165) is 24.7 Å². The minimum Gasteiger partial charge on any atom is -0.497 e. The Morgan fingerprint density at radius 1 is 0.804 bits per heavy atom. The number of hydrogen-bond acceptors (Lipinski definition) is 9. The number of ether oxygens (including phenoxy) is 4. The molecule has 0 saturated carbocycles. The third-order valence-electron chi connectivity index (χ3n) is 6.11. The molecule has 244 valence electrons. The molecule has 0 bridgehead atoms. The second-order valence-electron chi connectivity index (χ2n) is 10.3. The molecule has 1 amide bonds. The number of benzene rings is 3. The fourth-order valence-corrected chi connectivity index (χ4v) is 3.66. The lowest BCUT2D eigenvalue weighted by molar-refractivity contribution is -0.131. The van der Waals surface area contributed by atoms with Crippen LogP contribution in [0.3, 0.4) is 0 Å². The van der Waals surface area contributed by atoms with Gasteiger partial charge in [-0.2, -0.15) is 5.26 Å². The molecule has 2 N–H and O–H groups in total. The monoisotopic (exact) mass is 630 g/mol. The molecule has 11 nitrogen and oxygen atoms in total. The van der Waals surface area contributed by atoms with Gasteiger partial charge in [0.1, 0.15) is 36.2 Å². The smallest absolute Gasteiger partial charge is 0.328 e. The number of likely N-dealkylation sites (N-methyl/N-ethyl adjacent to an activating group) is 2. The fourth-order valence-electron chi connectivity index (χ4n) is 3.66. The first-order valence-corrected chi connectivity index (χ1v) is 14.4. The van der Waals surface area contributed by atoms with Crippen LogP contribution in [0.1, 0.15) is 16.7 Å². The maximum atomic E-state index is 12.2. The molecule has 0 saturated heterocycles. The van der Waals surface area contributed by atoms with Crippen molar-refractivity contribution in [3.05, 3.63) is 89.5 Å². The summed E-state index contributed by atoms with van der Waals surface area (Å²) in [7, 11) is 11.0. The summed E-state index contributed by atoms with van der Waals surface area (Å²) in [6, 6.07) is 19.5. The second-order valence-corrected chi connectivity index (χ2v) is 10.3. The van der Waals surface area contributed by atoms with Gasteiger partial charge in [-0.3, -0.25) is 4.79 Å². The number of nitriles is 1. The molecule has 0 unspecified atom stereocenters. The van der Waals surface area contributed by atoms with E-state index in [-0.39, 0.29) is 5.91 Å². The molecule has 0 heterocycles. The number of carboxylic acids is 1. The first-order valence-electron chi connectivity index (χ1n) is 14.4. The zero-order valence-electron chi connectivity index (χ0n) is 27.1. The summed E-state index contributed by atoms with van der Waals surface area (Å²) in [4.78, 5) is 26.8. The zero-order valence-corrected chi connectivity index (χ0v) is 27.1. The Morgan fingerprint density at radius 2 is 1.33 bits per heavy atom. The lowest BCUT2D eigenvalue weighted by Crippen LogP contribution is -2.19. The number of amides is 1. The molecule has 0 atom stereocenters. The largest absolute Gasteiger partial charge is 0.497 e. The summed E-state index contributed by atoms with van der Waals surface area (Å²) < 4.78 is 21.9. The lowest BCUT2D eigenvalue weighted by Gasteiger charge is -2.13. The van der Waals surface area contributed by atoms with Crippen molar-refractivity contribution >= 4 is 29.7 Å². The van der Waals surface area contributed by atoms with Crippen molar-refractivity contribution in [2.24, 2.45) is 0 Å². The average Bonchev–Trinajstić information content (AvgIpc) is 3.03. The Kier molecular flexibility index (Phi) is 15.9. The van der Waals surface area contributed by atoms with Gasteiger partial charge in [0.25, 0.3) is 0 Å². The summed E-state index contributed by atoms with van der Waals surface area (Å²) >= 11 is 0. The van der Waals surface area contributed by atoms with Gasteiger partial charge in [-0.1, -0.05) is 6.07 Å². The lowest BCUT2D eigenvalue weighted by atomic mass is 10.1. The first kappa shape index (κ1) is 36.9. The molecular weight excluding hydrogens is 588 g/mol. The van der Waals surface area contributed by atoms with E-state index in [2.05, 4.69) is 5.32 Å². The third-order valence-corrected chi connectivity index (χ3v) is 6.11. The maximum absolute atomic E-state index is 12.2. The quantitative estimate of drug-likeness (QED) is 0.224. The van der Waals surface area contributed by atoms with Crippen LogP contribution in [0.5, 0.6) is 23.0 Å². The summed E-state index contributed by atoms with van der Waals surface area (Å²) in [5, 5.41) is 20.3. The molecule has 0 aromatic heterocycles. The van der Waals surface area contributed by atoms with Gasteiger partial charge in [-0.25, -0.2) is 4.79 Å². The highest BCUT2D eigenvalue weighted by molar-refractivity contribution is 6.02. The predicted molar refractivity (Wildman–Crippen MR) is 180 cm³/mol. The van der Waals surface area contributed by atoms with Crippen molar-refractivity contribution in [3.8, 4) is 29.1 Å². The van der Waals surface area contributed by atoms with Crippen LogP contribution in [-0.4, -0.2) is 95.5 Å². The number of carboxylic acid groups (broad SMARTS) is 1. The van der Waals surface area contributed by atoms with Gasteiger partial charge in [0.2, 0.25) is 5.91 Å². The van der Waals surface area contributed by atoms with Crippen molar-refractivity contribution in [1.29, 1.82) is 5.26 Å². The molecule has 0 spiro atoms. The van der Waals surface area contributed by atoms with Crippen molar-refractivity contribution in [3.63, 3.8) is 0 Å². The molecular formula is C35H42N4O7. The predicted octanol–water partition coefficient (Wildman–Crippen LogP) is 4.89. The van der Waals surface area contributed by atoms with Crippen LogP contribution in [0.2, 0.25) is 0 Å². The Labute approximate surface area is 270 Å². The highest BCUT2D eigenvalue weighted by Crippen LogP contribution is 2.27. The molecule has 3 rings (SSSR count). The van der Waals surface area contributed by atoms with Crippen LogP contribution >= 0.6 is 0 Å². The second kappa shape index (κ2) is 19.9. The normalized spacial score (nSPS) is 10.8. The van der Waals surface area contributed by atoms with E-state index in [1.165, 1.54) is 12.2 Å². The molecule has 46 heavy (non-hydrogen) atoms. The maximum Gasteiger partial charge on any atom is 0.328 e. The topological polar surface area (TPSA) is 134 Å². The van der Waals surface area contributed by atoms with Gasteiger partial charge < -0.3 is 39.2 Å². The van der Waals surface area contributed by atoms with Crippen molar-refractivity contribution in [2.45, 2.75) is 0 Å².